The van der Waals surface area contributed by atoms with Gasteiger partial charge in [-0.25, -0.2) is 4.39 Å². The maximum atomic E-state index is 13.0. The molecule has 1 amide bonds. The van der Waals surface area contributed by atoms with Crippen LogP contribution in [-0.4, -0.2) is 39.5 Å². The Morgan fingerprint density at radius 2 is 1.58 bits per heavy atom. The SMILES string of the molecule is COCCN(Cc1ccc(OS(=O)(=O)c2ccc(F)cc2)cc1)C(=O)c1cc(Cl)cc(Cl)c1. The van der Waals surface area contributed by atoms with Gasteiger partial charge < -0.3 is 13.8 Å². The predicted molar refractivity (Wildman–Crippen MR) is 124 cm³/mol. The highest BCUT2D eigenvalue weighted by Crippen LogP contribution is 2.23. The number of carbonyl (C=O) groups is 1. The van der Waals surface area contributed by atoms with Crippen molar-refractivity contribution in [3.63, 3.8) is 0 Å². The number of carbonyl (C=O) groups excluding carboxylic acids is 1. The molecule has 0 saturated carbocycles. The van der Waals surface area contributed by atoms with Crippen LogP contribution in [0.2, 0.25) is 10.0 Å². The van der Waals surface area contributed by atoms with Gasteiger partial charge in [-0.05, 0) is 60.2 Å². The molecule has 0 aliphatic carbocycles. The Hall–Kier alpha value is -2.65. The fraction of sp³-hybridized carbons (Fsp3) is 0.174. The van der Waals surface area contributed by atoms with E-state index >= 15 is 0 Å². The lowest BCUT2D eigenvalue weighted by Gasteiger charge is -2.23. The molecule has 174 valence electrons. The van der Waals surface area contributed by atoms with Crippen molar-refractivity contribution in [1.29, 1.82) is 0 Å². The van der Waals surface area contributed by atoms with E-state index in [-0.39, 0.29) is 23.1 Å². The molecular formula is C23H20Cl2FNO5S. The van der Waals surface area contributed by atoms with Crippen LogP contribution in [-0.2, 0) is 21.4 Å². The second kappa shape index (κ2) is 11.0. The van der Waals surface area contributed by atoms with Crippen molar-refractivity contribution in [1.82, 2.24) is 4.90 Å². The number of halogens is 3. The summed E-state index contributed by atoms with van der Waals surface area (Å²) in [5, 5.41) is 0.697. The van der Waals surface area contributed by atoms with E-state index in [0.717, 1.165) is 29.8 Å². The maximum absolute atomic E-state index is 13.0. The van der Waals surface area contributed by atoms with Gasteiger partial charge in [-0.1, -0.05) is 35.3 Å². The molecule has 0 bridgehead atoms. The lowest BCUT2D eigenvalue weighted by Crippen LogP contribution is -2.33. The summed E-state index contributed by atoms with van der Waals surface area (Å²) in [4.78, 5) is 14.4. The molecule has 0 fully saturated rings. The minimum Gasteiger partial charge on any atom is -0.383 e. The highest BCUT2D eigenvalue weighted by molar-refractivity contribution is 7.87. The molecule has 0 heterocycles. The van der Waals surface area contributed by atoms with Crippen LogP contribution in [0.15, 0.2) is 71.6 Å². The van der Waals surface area contributed by atoms with E-state index in [2.05, 4.69) is 0 Å². The first-order valence-electron chi connectivity index (χ1n) is 9.71. The van der Waals surface area contributed by atoms with E-state index in [0.29, 0.717) is 28.8 Å². The monoisotopic (exact) mass is 511 g/mol. The van der Waals surface area contributed by atoms with Gasteiger partial charge in [-0.2, -0.15) is 8.42 Å². The van der Waals surface area contributed by atoms with Gasteiger partial charge in [0.25, 0.3) is 5.91 Å². The molecule has 10 heteroatoms. The van der Waals surface area contributed by atoms with Crippen molar-refractivity contribution < 1.29 is 26.5 Å². The first kappa shape index (κ1) is 25.0. The Balaban J connectivity index is 1.74. The fourth-order valence-corrected chi connectivity index (χ4v) is 4.42. The number of hydrogen-bond donors (Lipinski definition) is 0. The van der Waals surface area contributed by atoms with Crippen LogP contribution in [0.4, 0.5) is 4.39 Å². The van der Waals surface area contributed by atoms with Gasteiger partial charge in [0.05, 0.1) is 6.61 Å². The molecule has 0 atom stereocenters. The van der Waals surface area contributed by atoms with Crippen LogP contribution in [0, 0.1) is 5.82 Å². The number of benzene rings is 3. The van der Waals surface area contributed by atoms with E-state index in [9.17, 15) is 17.6 Å². The van der Waals surface area contributed by atoms with Crippen molar-refractivity contribution in [2.24, 2.45) is 0 Å². The highest BCUT2D eigenvalue weighted by atomic mass is 35.5. The highest BCUT2D eigenvalue weighted by Gasteiger charge is 2.19. The molecule has 0 saturated heterocycles. The van der Waals surface area contributed by atoms with Gasteiger partial charge in [0.15, 0.2) is 0 Å². The molecule has 6 nitrogen and oxygen atoms in total. The third kappa shape index (κ3) is 6.91. The molecular weight excluding hydrogens is 492 g/mol. The average Bonchev–Trinajstić information content (AvgIpc) is 2.76. The van der Waals surface area contributed by atoms with Crippen molar-refractivity contribution in [3.8, 4) is 5.75 Å². The third-order valence-corrected chi connectivity index (χ3v) is 6.26. The van der Waals surface area contributed by atoms with E-state index in [1.807, 2.05) is 0 Å². The molecule has 0 aromatic heterocycles. The smallest absolute Gasteiger partial charge is 0.339 e. The molecule has 0 spiro atoms. The molecule has 0 aliphatic heterocycles. The van der Waals surface area contributed by atoms with E-state index in [4.69, 9.17) is 32.1 Å². The molecule has 3 aromatic carbocycles. The third-order valence-electron chi connectivity index (χ3n) is 4.57. The summed E-state index contributed by atoms with van der Waals surface area (Å²) in [6.07, 6.45) is 0. The molecule has 0 N–H and O–H groups in total. The van der Waals surface area contributed by atoms with Crippen LogP contribution >= 0.6 is 23.2 Å². The van der Waals surface area contributed by atoms with Crippen LogP contribution in [0.1, 0.15) is 15.9 Å². The second-order valence-corrected chi connectivity index (χ2v) is 9.43. The summed E-state index contributed by atoms with van der Waals surface area (Å²) in [5.74, 6) is -0.749. The summed E-state index contributed by atoms with van der Waals surface area (Å²) in [6.45, 7) is 0.866. The first-order chi connectivity index (χ1) is 15.7. The number of nitrogens with zero attached hydrogens (tertiary/aromatic N) is 1. The molecule has 3 rings (SSSR count). The fourth-order valence-electron chi connectivity index (χ4n) is 2.96. The Bertz CT molecular complexity index is 1200. The molecule has 0 aliphatic rings. The number of amides is 1. The largest absolute Gasteiger partial charge is 0.383 e. The summed E-state index contributed by atoms with van der Waals surface area (Å²) in [5.41, 5.74) is 1.08. The number of methoxy groups -OCH3 is 1. The lowest BCUT2D eigenvalue weighted by atomic mass is 10.1. The summed E-state index contributed by atoms with van der Waals surface area (Å²) >= 11 is 12.0. The number of rotatable bonds is 9. The van der Waals surface area contributed by atoms with Gasteiger partial charge in [-0.3, -0.25) is 4.79 Å². The zero-order valence-corrected chi connectivity index (χ0v) is 19.8. The standard InChI is InChI=1S/C23H20Cl2FNO5S/c1-31-11-10-27(23(28)17-12-18(24)14-19(25)13-17)15-16-2-6-21(7-3-16)32-33(29,30)22-8-4-20(26)5-9-22/h2-9,12-14H,10-11,15H2,1H3. The van der Waals surface area contributed by atoms with Gasteiger partial charge >= 0.3 is 10.1 Å². The van der Waals surface area contributed by atoms with Gasteiger partial charge in [0.1, 0.15) is 16.5 Å². The zero-order valence-electron chi connectivity index (χ0n) is 17.5. The molecule has 3 aromatic rings. The molecule has 0 radical (unpaired) electrons. The Kier molecular flexibility index (Phi) is 8.31. The second-order valence-electron chi connectivity index (χ2n) is 7.01. The van der Waals surface area contributed by atoms with Crippen LogP contribution in [0.5, 0.6) is 5.75 Å². The van der Waals surface area contributed by atoms with Crippen LogP contribution in [0.3, 0.4) is 0 Å². The predicted octanol–water partition coefficient (Wildman–Crippen LogP) is 5.19. The van der Waals surface area contributed by atoms with Crippen molar-refractivity contribution in [2.45, 2.75) is 11.4 Å². The van der Waals surface area contributed by atoms with Crippen LogP contribution < -0.4 is 4.18 Å². The lowest BCUT2D eigenvalue weighted by molar-refractivity contribution is 0.0680. The summed E-state index contributed by atoms with van der Waals surface area (Å²) in [7, 11) is -2.57. The van der Waals surface area contributed by atoms with Crippen LogP contribution in [0.25, 0.3) is 0 Å². The van der Waals surface area contributed by atoms with Gasteiger partial charge in [0.2, 0.25) is 0 Å². The number of hydrogen-bond acceptors (Lipinski definition) is 5. The zero-order chi connectivity index (χ0) is 24.0. The average molecular weight is 512 g/mol. The van der Waals surface area contributed by atoms with E-state index < -0.39 is 15.9 Å². The topological polar surface area (TPSA) is 72.9 Å². The summed E-state index contributed by atoms with van der Waals surface area (Å²) < 4.78 is 48.0. The van der Waals surface area contributed by atoms with Gasteiger partial charge in [-0.15, -0.1) is 0 Å². The molecule has 33 heavy (non-hydrogen) atoms. The van der Waals surface area contributed by atoms with E-state index in [1.54, 1.807) is 17.0 Å². The minimum absolute atomic E-state index is 0.0828. The van der Waals surface area contributed by atoms with Crippen molar-refractivity contribution in [2.75, 3.05) is 20.3 Å². The Morgan fingerprint density at radius 1 is 0.970 bits per heavy atom. The number of ether oxygens (including phenoxy) is 1. The minimum atomic E-state index is -4.11. The Morgan fingerprint density at radius 3 is 2.15 bits per heavy atom. The van der Waals surface area contributed by atoms with Crippen molar-refractivity contribution >= 4 is 39.2 Å². The first-order valence-corrected chi connectivity index (χ1v) is 11.9. The Labute approximate surface area is 201 Å². The molecule has 0 unspecified atom stereocenters. The van der Waals surface area contributed by atoms with Crippen molar-refractivity contribution in [3.05, 3.63) is 93.7 Å². The maximum Gasteiger partial charge on any atom is 0.339 e. The summed E-state index contributed by atoms with van der Waals surface area (Å²) in [6, 6.07) is 15.2. The quantitative estimate of drug-likeness (QED) is 0.369. The van der Waals surface area contributed by atoms with E-state index in [1.165, 1.54) is 37.4 Å². The van der Waals surface area contributed by atoms with Gasteiger partial charge in [0, 0.05) is 35.8 Å². The normalized spacial score (nSPS) is 11.3.